The molecule has 1 aliphatic rings. The van der Waals surface area contributed by atoms with Crippen LogP contribution in [0.15, 0.2) is 29.3 Å². The minimum absolute atomic E-state index is 0. The first-order chi connectivity index (χ1) is 13.7. The van der Waals surface area contributed by atoms with E-state index in [-0.39, 0.29) is 24.0 Å². The van der Waals surface area contributed by atoms with Crippen LogP contribution in [-0.2, 0) is 27.4 Å². The molecule has 0 aromatic heterocycles. The fraction of sp³-hybridized carbons (Fsp3) is 0.682. The Morgan fingerprint density at radius 2 is 1.86 bits per heavy atom. The van der Waals surface area contributed by atoms with Gasteiger partial charge in [0.15, 0.2) is 5.96 Å². The van der Waals surface area contributed by atoms with Crippen LogP contribution in [0.25, 0.3) is 0 Å². The monoisotopic (exact) mass is 519 g/mol. The lowest BCUT2D eigenvalue weighted by atomic mass is 10.1. The van der Waals surface area contributed by atoms with Gasteiger partial charge < -0.3 is 24.4 Å². The van der Waals surface area contributed by atoms with Crippen molar-refractivity contribution in [2.24, 2.45) is 10.9 Å². The van der Waals surface area contributed by atoms with E-state index in [0.717, 1.165) is 50.4 Å². The highest BCUT2D eigenvalue weighted by Crippen LogP contribution is 2.28. The molecule has 1 aromatic carbocycles. The number of nitrogens with zero attached hydrogens (tertiary/aromatic N) is 2. The van der Waals surface area contributed by atoms with Crippen LogP contribution in [0.2, 0.25) is 0 Å². The number of nitrogens with one attached hydrogen (secondary N) is 1. The molecule has 1 aromatic rings. The van der Waals surface area contributed by atoms with Gasteiger partial charge in [0.2, 0.25) is 0 Å². The molecule has 0 aliphatic heterocycles. The van der Waals surface area contributed by atoms with E-state index in [1.807, 2.05) is 6.92 Å². The molecule has 0 unspecified atom stereocenters. The molecule has 0 radical (unpaired) electrons. The van der Waals surface area contributed by atoms with Gasteiger partial charge in [-0.25, -0.2) is 4.99 Å². The molecule has 6 nitrogen and oxygen atoms in total. The van der Waals surface area contributed by atoms with Crippen LogP contribution < -0.4 is 5.32 Å². The van der Waals surface area contributed by atoms with Crippen LogP contribution in [0, 0.1) is 5.92 Å². The van der Waals surface area contributed by atoms with Gasteiger partial charge >= 0.3 is 0 Å². The molecule has 1 N–H and O–H groups in total. The molecule has 1 aliphatic carbocycles. The van der Waals surface area contributed by atoms with Crippen molar-refractivity contribution in [1.29, 1.82) is 0 Å². The molecule has 0 saturated heterocycles. The maximum Gasteiger partial charge on any atom is 0.194 e. The van der Waals surface area contributed by atoms with Crippen LogP contribution in [-0.4, -0.2) is 64.0 Å². The van der Waals surface area contributed by atoms with Gasteiger partial charge in [0.25, 0.3) is 0 Å². The summed E-state index contributed by atoms with van der Waals surface area (Å²) in [5.41, 5.74) is 2.34. The van der Waals surface area contributed by atoms with E-state index < -0.39 is 0 Å². The lowest BCUT2D eigenvalue weighted by Crippen LogP contribution is -2.40. The molecule has 0 spiro atoms. The first kappa shape index (κ1) is 26.1. The lowest BCUT2D eigenvalue weighted by molar-refractivity contribution is 0.0453. The summed E-state index contributed by atoms with van der Waals surface area (Å²) in [4.78, 5) is 6.92. The van der Waals surface area contributed by atoms with E-state index in [0.29, 0.717) is 26.4 Å². The zero-order valence-electron chi connectivity index (χ0n) is 18.2. The summed E-state index contributed by atoms with van der Waals surface area (Å²) in [5.74, 6) is 1.72. The maximum atomic E-state index is 5.75. The Bertz CT molecular complexity index is 582. The number of hydrogen-bond acceptors (Lipinski definition) is 4. The van der Waals surface area contributed by atoms with Crippen molar-refractivity contribution in [2.45, 2.75) is 39.8 Å². The lowest BCUT2D eigenvalue weighted by Gasteiger charge is -2.22. The largest absolute Gasteiger partial charge is 0.379 e. The minimum Gasteiger partial charge on any atom is -0.379 e. The Kier molecular flexibility index (Phi) is 14.3. The van der Waals surface area contributed by atoms with Gasteiger partial charge in [0.1, 0.15) is 0 Å². The third-order valence-electron chi connectivity index (χ3n) is 4.57. The van der Waals surface area contributed by atoms with Crippen molar-refractivity contribution in [3.8, 4) is 0 Å². The molecular formula is C22H38IN3O3. The van der Waals surface area contributed by atoms with E-state index in [4.69, 9.17) is 19.2 Å². The number of ether oxygens (including phenoxy) is 3. The predicted molar refractivity (Wildman–Crippen MR) is 129 cm³/mol. The summed E-state index contributed by atoms with van der Waals surface area (Å²) in [6.45, 7) is 10.6. The van der Waals surface area contributed by atoms with Crippen LogP contribution >= 0.6 is 24.0 Å². The first-order valence-electron chi connectivity index (χ1n) is 10.5. The second-order valence-corrected chi connectivity index (χ2v) is 7.18. The Balaban J connectivity index is 0.00000420. The van der Waals surface area contributed by atoms with Crippen molar-refractivity contribution >= 4 is 29.9 Å². The molecule has 7 heteroatoms. The Morgan fingerprint density at radius 1 is 1.10 bits per heavy atom. The van der Waals surface area contributed by atoms with E-state index >= 15 is 0 Å². The molecule has 1 saturated carbocycles. The highest BCUT2D eigenvalue weighted by Gasteiger charge is 2.21. The zero-order chi connectivity index (χ0) is 20.0. The van der Waals surface area contributed by atoms with E-state index in [1.165, 1.54) is 18.4 Å². The molecule has 1 fully saturated rings. The molecule has 0 bridgehead atoms. The average molecular weight is 519 g/mol. The summed E-state index contributed by atoms with van der Waals surface area (Å²) in [7, 11) is 2.06. The first-order valence-corrected chi connectivity index (χ1v) is 10.5. The molecule has 166 valence electrons. The molecule has 29 heavy (non-hydrogen) atoms. The van der Waals surface area contributed by atoms with Crippen LogP contribution in [0.5, 0.6) is 0 Å². The minimum atomic E-state index is 0. The number of aliphatic imine (C=N–C) groups is 1. The summed E-state index contributed by atoms with van der Waals surface area (Å²) >= 11 is 0. The van der Waals surface area contributed by atoms with Crippen molar-refractivity contribution in [1.82, 2.24) is 10.2 Å². The summed E-state index contributed by atoms with van der Waals surface area (Å²) in [5, 5.41) is 3.36. The summed E-state index contributed by atoms with van der Waals surface area (Å²) in [6.07, 6.45) is 2.66. The molecule has 0 heterocycles. The molecular weight excluding hydrogens is 481 g/mol. The fourth-order valence-electron chi connectivity index (χ4n) is 2.75. The van der Waals surface area contributed by atoms with Gasteiger partial charge in [0, 0.05) is 33.4 Å². The maximum absolute atomic E-state index is 5.75. The second-order valence-electron chi connectivity index (χ2n) is 7.18. The van der Waals surface area contributed by atoms with Crippen LogP contribution in [0.4, 0.5) is 0 Å². The SMILES string of the molecule is CCNC(=NCc1cccc(COCCOCC)c1)N(C)CCOCC1CC1.I. The number of rotatable bonds is 14. The Morgan fingerprint density at radius 3 is 2.59 bits per heavy atom. The van der Waals surface area contributed by atoms with E-state index in [9.17, 15) is 0 Å². The van der Waals surface area contributed by atoms with E-state index in [1.54, 1.807) is 0 Å². The zero-order valence-corrected chi connectivity index (χ0v) is 20.5. The molecule has 0 atom stereocenters. The fourth-order valence-corrected chi connectivity index (χ4v) is 2.75. The average Bonchev–Trinajstić information content (AvgIpc) is 3.53. The van der Waals surface area contributed by atoms with Gasteiger partial charge in [-0.05, 0) is 43.7 Å². The Hall–Kier alpha value is -0.900. The Labute approximate surface area is 193 Å². The predicted octanol–water partition coefficient (Wildman–Crippen LogP) is 3.68. The van der Waals surface area contributed by atoms with Crippen molar-refractivity contribution in [3.05, 3.63) is 35.4 Å². The number of hydrogen-bond donors (Lipinski definition) is 1. The van der Waals surface area contributed by atoms with Gasteiger partial charge in [-0.2, -0.15) is 0 Å². The second kappa shape index (κ2) is 15.9. The third kappa shape index (κ3) is 11.8. The van der Waals surface area contributed by atoms with Gasteiger partial charge in [-0.3, -0.25) is 0 Å². The van der Waals surface area contributed by atoms with Gasteiger partial charge in [-0.1, -0.05) is 24.3 Å². The number of halogens is 1. The van der Waals surface area contributed by atoms with Crippen molar-refractivity contribution in [3.63, 3.8) is 0 Å². The van der Waals surface area contributed by atoms with Crippen molar-refractivity contribution < 1.29 is 14.2 Å². The number of likely N-dealkylation sites (N-methyl/N-ethyl adjacent to an activating group) is 1. The molecule has 2 rings (SSSR count). The summed E-state index contributed by atoms with van der Waals surface area (Å²) in [6, 6.07) is 8.42. The van der Waals surface area contributed by atoms with Gasteiger partial charge in [0.05, 0.1) is 33.0 Å². The standard InChI is InChI=1S/C22H37N3O3.HI/c1-4-23-22(25(3)11-12-27-17-19-9-10-19)24-16-20-7-6-8-21(15-20)18-28-14-13-26-5-2;/h6-8,15,19H,4-5,9-14,16-18H2,1-3H3,(H,23,24);1H. The molecule has 0 amide bonds. The quantitative estimate of drug-likeness (QED) is 0.176. The van der Waals surface area contributed by atoms with Gasteiger partial charge in [-0.15, -0.1) is 24.0 Å². The summed E-state index contributed by atoms with van der Waals surface area (Å²) < 4.78 is 16.7. The number of benzene rings is 1. The smallest absolute Gasteiger partial charge is 0.194 e. The highest BCUT2D eigenvalue weighted by molar-refractivity contribution is 14.0. The van der Waals surface area contributed by atoms with Crippen molar-refractivity contribution in [2.75, 3.05) is 53.2 Å². The number of guanidine groups is 1. The topological polar surface area (TPSA) is 55.3 Å². The van der Waals surface area contributed by atoms with E-state index in [2.05, 4.69) is 48.5 Å². The highest BCUT2D eigenvalue weighted by atomic mass is 127. The van der Waals surface area contributed by atoms with Crippen LogP contribution in [0.1, 0.15) is 37.8 Å². The normalized spacial score (nSPS) is 13.8. The third-order valence-corrected chi connectivity index (χ3v) is 4.57. The van der Waals surface area contributed by atoms with Crippen LogP contribution in [0.3, 0.4) is 0 Å².